The predicted molar refractivity (Wildman–Crippen MR) is 471 cm³/mol. The van der Waals surface area contributed by atoms with E-state index >= 15 is 0 Å². The van der Waals surface area contributed by atoms with Crippen LogP contribution < -0.4 is 0 Å². The fourth-order valence-electron chi connectivity index (χ4n) is 5.82. The van der Waals surface area contributed by atoms with E-state index in [1.54, 1.807) is 0 Å². The van der Waals surface area contributed by atoms with E-state index in [-0.39, 0.29) is 155 Å². The fourth-order valence-corrected chi connectivity index (χ4v) is 5.82. The van der Waals surface area contributed by atoms with Gasteiger partial charge in [0.25, 0.3) is 0 Å². The maximum Gasteiger partial charge on any atom is 0.486 e. The Balaban J connectivity index is -0.000000119. The monoisotopic (exact) mass is 2180 g/mol. The Morgan fingerprint density at radius 2 is 0.552 bits per heavy atom. The molecule has 0 heterocycles. The molecule has 0 aliphatic rings. The minimum Gasteiger partial charge on any atom is -0.466 e. The number of rotatable bonds is 57. The van der Waals surface area contributed by atoms with Crippen LogP contribution in [0.4, 0.5) is 74.6 Å². The number of aliphatic hydroxyl groups is 3. The molecule has 0 spiro atoms. The van der Waals surface area contributed by atoms with Crippen molar-refractivity contribution >= 4 is 77.6 Å². The highest BCUT2D eigenvalue weighted by atomic mass is 19.4. The molecule has 42 nitrogen and oxygen atoms in total. The highest BCUT2D eigenvalue weighted by molar-refractivity contribution is 5.70. The summed E-state index contributed by atoms with van der Waals surface area (Å²) >= 11 is 0. The second kappa shape index (κ2) is 102. The van der Waals surface area contributed by atoms with Gasteiger partial charge >= 0.3 is 114 Å². The molecular weight excluding hydrogens is 2030 g/mol. The van der Waals surface area contributed by atoms with Crippen LogP contribution in [0.15, 0.2) is 0 Å². The molecule has 0 bridgehead atoms. The molecule has 145 heavy (non-hydrogen) atoms. The highest BCUT2D eigenvalue weighted by Crippen LogP contribution is 2.34. The lowest BCUT2D eigenvalue weighted by Gasteiger charge is -2.28. The number of ether oxygens (including phenoxy) is 26. The third-order valence-electron chi connectivity index (χ3n) is 12.0. The smallest absolute Gasteiger partial charge is 0.466 e. The van der Waals surface area contributed by atoms with Gasteiger partial charge in [-0.3, -0.25) is 62.3 Å². The molecule has 0 fully saturated rings. The Hall–Kier alpha value is -8.72. The molecule has 0 aliphatic carbocycles. The summed E-state index contributed by atoms with van der Waals surface area (Å²) in [5.74, 6) is -18.4. The Morgan fingerprint density at radius 3 is 0.821 bits per heavy atom. The summed E-state index contributed by atoms with van der Waals surface area (Å²) in [6.45, 7) is 37.5. The average Bonchev–Trinajstić information content (AvgIpc) is 0.815. The molecule has 0 radical (unpaired) electrons. The van der Waals surface area contributed by atoms with Crippen LogP contribution in [-0.2, 0) is 185 Å². The molecular formula is C86H155F17O42. The van der Waals surface area contributed by atoms with Gasteiger partial charge in [-0.25, -0.2) is 26.3 Å². The van der Waals surface area contributed by atoms with Crippen molar-refractivity contribution in [2.45, 2.75) is 305 Å². The van der Waals surface area contributed by atoms with Crippen LogP contribution in [0.2, 0.25) is 0 Å². The zero-order valence-corrected chi connectivity index (χ0v) is 87.6. The SMILES string of the molecule is CC(=O)OC(C)OCCC(C)(F)F.CC(=O)OC(O)(OCCC(C)(F)F)C(F)(F)F.CC(=O)OCC(O)COC(C)(F)F.CC(=O)OCC(O)COC(C)(F)F.CC(=O)OCCCOC(C)(F)F.CC(=O)OCCOC(C)(F)F.CC(=O)OCCOCCC(C)(F)F.CCOCCOC(=O)CCC(C)C.CCOCOC(C)=O.CCOCOC(C)=O.CCOCOC(C)=O.CCOCOC(C)=O.CCOCOC(C)=O. The van der Waals surface area contributed by atoms with Crippen LogP contribution in [0.25, 0.3) is 0 Å². The van der Waals surface area contributed by atoms with E-state index in [0.717, 1.165) is 34.1 Å². The number of esters is 13. The van der Waals surface area contributed by atoms with E-state index in [0.29, 0.717) is 107 Å². The minimum absolute atomic E-state index is 0.0231. The van der Waals surface area contributed by atoms with Gasteiger partial charge in [-0.2, -0.15) is 48.3 Å². The van der Waals surface area contributed by atoms with E-state index < -0.39 is 141 Å². The third kappa shape index (κ3) is 201. The lowest BCUT2D eigenvalue weighted by Crippen LogP contribution is -2.51. The summed E-state index contributed by atoms with van der Waals surface area (Å²) in [6.07, 6.45) is -21.5. The fraction of sp³-hybridized carbons (Fsp3) is 0.849. The first-order valence-corrected chi connectivity index (χ1v) is 43.6. The van der Waals surface area contributed by atoms with Crippen LogP contribution in [0.3, 0.4) is 0 Å². The number of halogens is 17. The molecule has 0 aliphatic heterocycles. The molecule has 0 saturated heterocycles. The predicted octanol–water partition coefficient (Wildman–Crippen LogP) is 13.9. The average molecular weight is 2180 g/mol. The van der Waals surface area contributed by atoms with Gasteiger partial charge in [-0.1, -0.05) is 13.8 Å². The minimum atomic E-state index is -5.44. The van der Waals surface area contributed by atoms with E-state index in [9.17, 15) is 137 Å². The molecule has 0 aromatic heterocycles. The Bertz CT molecular complexity index is 3000. The number of hydrogen-bond donors (Lipinski definition) is 3. The second-order valence-electron chi connectivity index (χ2n) is 28.1. The van der Waals surface area contributed by atoms with Crippen molar-refractivity contribution in [3.05, 3.63) is 0 Å². The van der Waals surface area contributed by atoms with Gasteiger partial charge in [0.15, 0.2) is 40.3 Å². The van der Waals surface area contributed by atoms with Gasteiger partial charge in [0, 0.05) is 183 Å². The number of carbonyl (C=O) groups excluding carboxylic acids is 13. The summed E-state index contributed by atoms with van der Waals surface area (Å²) in [7, 11) is 0. The molecule has 870 valence electrons. The normalized spacial score (nSPS) is 11.8. The van der Waals surface area contributed by atoms with Crippen LogP contribution in [0.1, 0.15) is 232 Å². The van der Waals surface area contributed by atoms with Crippen molar-refractivity contribution in [3.8, 4) is 0 Å². The zero-order valence-electron chi connectivity index (χ0n) is 87.6. The summed E-state index contributed by atoms with van der Waals surface area (Å²) in [5, 5.41) is 26.7. The number of aliphatic hydroxyl groups excluding tert-OH is 2. The molecule has 0 aromatic carbocycles. The second-order valence-corrected chi connectivity index (χ2v) is 28.1. The van der Waals surface area contributed by atoms with E-state index in [4.69, 9.17) is 58.0 Å². The van der Waals surface area contributed by atoms with Crippen LogP contribution >= 0.6 is 0 Å². The molecule has 59 heteroatoms. The first-order valence-electron chi connectivity index (χ1n) is 43.6. The first-order chi connectivity index (χ1) is 66.1. The molecule has 4 atom stereocenters. The topological polar surface area (TPSA) is 523 Å². The Labute approximate surface area is 834 Å². The largest absolute Gasteiger partial charge is 0.486 e. The number of carbonyl (C=O) groups is 13. The molecule has 3 N–H and O–H groups in total. The van der Waals surface area contributed by atoms with Gasteiger partial charge in [0.05, 0.1) is 66.1 Å². The molecule has 0 saturated carbocycles. The third-order valence-corrected chi connectivity index (χ3v) is 12.0. The van der Waals surface area contributed by atoms with Gasteiger partial charge in [0.1, 0.15) is 45.2 Å². The van der Waals surface area contributed by atoms with Gasteiger partial charge in [0.2, 0.25) is 17.8 Å². The number of alkyl halides is 17. The van der Waals surface area contributed by atoms with Crippen LogP contribution in [-0.4, -0.2) is 338 Å². The van der Waals surface area contributed by atoms with Crippen molar-refractivity contribution in [2.24, 2.45) is 5.92 Å². The first kappa shape index (κ1) is 164. The van der Waals surface area contributed by atoms with Crippen molar-refractivity contribution in [3.63, 3.8) is 0 Å². The zero-order chi connectivity index (χ0) is 116. The summed E-state index contributed by atoms with van der Waals surface area (Å²) in [6, 6.07) is 0. The molecule has 4 unspecified atom stereocenters. The lowest BCUT2D eigenvalue weighted by molar-refractivity contribution is -0.455. The van der Waals surface area contributed by atoms with E-state index in [1.807, 2.05) is 41.5 Å². The molecule has 0 amide bonds. The Kier molecular flexibility index (Phi) is 116. The van der Waals surface area contributed by atoms with Gasteiger partial charge in [-0.05, 0) is 81.6 Å². The van der Waals surface area contributed by atoms with Gasteiger partial charge in [-0.15, -0.1) is 0 Å². The van der Waals surface area contributed by atoms with Crippen molar-refractivity contribution in [1.82, 2.24) is 0 Å². The summed E-state index contributed by atoms with van der Waals surface area (Å²) < 4.78 is 321. The highest BCUT2D eigenvalue weighted by Gasteiger charge is 2.60. The quantitative estimate of drug-likeness (QED) is 0.0167. The summed E-state index contributed by atoms with van der Waals surface area (Å²) in [5.41, 5.74) is 0. The van der Waals surface area contributed by atoms with Crippen LogP contribution in [0.5, 0.6) is 0 Å². The lowest BCUT2D eigenvalue weighted by atomic mass is 10.1. The molecule has 0 rings (SSSR count). The maximum atomic E-state index is 12.3. The van der Waals surface area contributed by atoms with Crippen molar-refractivity contribution in [2.75, 3.05) is 173 Å². The standard InChI is InChI=1S/C10H20O3.C8H11F5O4.2C8H14F2O3.2C7H12F2O4.C7H12F2O3.C6H10F2O3.5C5H10O3/c1-4-12-7-8-13-10(11)6-5-9(2)3;1-5(14)17-8(15,7(11,12)13)16-4-3-6(2,9)10;1-6(11)13-7(2)12-5-4-8(3,9)10;1-7(11)13-6-5-12-4-3-8(2,9)10;2*1-5(10)12-3-6(11)4-13-7(2,8)9;1-6(10)11-4-3-5-12-7(2,8)9;1-5(9)10-3-4-11-6(2,7)8;5*1-3-7-4-8-5(2)6/h9H,4-8H2,1-3H3;15H,3-4H2,1-2H3;7H,4-5H2,1-3H3;3-6H2,1-2H3;2*6,11H,3-4H2,1-2H3;3-5H2,1-2H3;3-4H2,1-2H3;5*3-4H2,1-2H3. The van der Waals surface area contributed by atoms with Crippen LogP contribution in [0, 0.1) is 5.92 Å². The maximum absolute atomic E-state index is 12.3. The van der Waals surface area contributed by atoms with E-state index in [1.165, 1.54) is 69.2 Å². The van der Waals surface area contributed by atoms with E-state index in [2.05, 4.69) is 94.4 Å². The Morgan fingerprint density at radius 1 is 0.276 bits per heavy atom. The van der Waals surface area contributed by atoms with Gasteiger partial charge < -0.3 is 138 Å². The molecule has 0 aromatic rings. The number of hydrogen-bond acceptors (Lipinski definition) is 42. The summed E-state index contributed by atoms with van der Waals surface area (Å²) in [4.78, 5) is 133. The van der Waals surface area contributed by atoms with Crippen molar-refractivity contribution in [1.29, 1.82) is 0 Å². The van der Waals surface area contributed by atoms with Crippen molar-refractivity contribution < 1.29 is 275 Å².